The Labute approximate surface area is 113 Å². The molecule has 0 aliphatic carbocycles. The maximum atomic E-state index is 11.3. The van der Waals surface area contributed by atoms with Crippen LogP contribution in [0, 0.1) is 0 Å². The first-order chi connectivity index (χ1) is 9.22. The molecule has 1 aliphatic rings. The van der Waals surface area contributed by atoms with E-state index in [-0.39, 0.29) is 6.61 Å². The largest absolute Gasteiger partial charge is 0.463 e. The summed E-state index contributed by atoms with van der Waals surface area (Å²) >= 11 is 0. The number of rotatable bonds is 7. The summed E-state index contributed by atoms with van der Waals surface area (Å²) in [6.07, 6.45) is 2.94. The second-order valence-corrected chi connectivity index (χ2v) is 4.06. The van der Waals surface area contributed by atoms with Gasteiger partial charge in [-0.1, -0.05) is 0 Å². The van der Waals surface area contributed by atoms with Crippen LogP contribution in [0.15, 0.2) is 12.2 Å². The van der Waals surface area contributed by atoms with Crippen molar-refractivity contribution in [3.05, 3.63) is 12.2 Å². The zero-order valence-corrected chi connectivity index (χ0v) is 11.3. The minimum atomic E-state index is -0.534. The van der Waals surface area contributed by atoms with E-state index in [4.69, 9.17) is 9.47 Å². The van der Waals surface area contributed by atoms with Gasteiger partial charge in [-0.15, -0.1) is 0 Å². The van der Waals surface area contributed by atoms with Crippen LogP contribution in [0.4, 0.5) is 0 Å². The molecule has 0 bridgehead atoms. The van der Waals surface area contributed by atoms with Crippen molar-refractivity contribution in [2.75, 3.05) is 46.1 Å². The van der Waals surface area contributed by atoms with Gasteiger partial charge in [0, 0.05) is 31.8 Å². The van der Waals surface area contributed by atoms with E-state index in [2.05, 4.69) is 9.64 Å². The molecule has 1 aliphatic heterocycles. The molecule has 6 nitrogen and oxygen atoms in total. The van der Waals surface area contributed by atoms with Gasteiger partial charge in [0.15, 0.2) is 0 Å². The zero-order valence-electron chi connectivity index (χ0n) is 11.3. The first-order valence-corrected chi connectivity index (χ1v) is 6.54. The van der Waals surface area contributed by atoms with Crippen LogP contribution in [0.5, 0.6) is 0 Å². The molecule has 0 spiro atoms. The van der Waals surface area contributed by atoms with Crippen molar-refractivity contribution < 1.29 is 23.8 Å². The molecule has 0 N–H and O–H groups in total. The van der Waals surface area contributed by atoms with Crippen LogP contribution in [0.2, 0.25) is 0 Å². The maximum Gasteiger partial charge on any atom is 0.331 e. The Morgan fingerprint density at radius 3 is 2.42 bits per heavy atom. The highest BCUT2D eigenvalue weighted by Crippen LogP contribution is 1.98. The number of carbonyl (C=O) groups is 2. The van der Waals surface area contributed by atoms with Crippen LogP contribution in [-0.4, -0.2) is 62.9 Å². The number of ether oxygens (including phenoxy) is 3. The quantitative estimate of drug-likeness (QED) is 0.379. The number of hydrogen-bond acceptors (Lipinski definition) is 6. The van der Waals surface area contributed by atoms with E-state index in [0.717, 1.165) is 51.4 Å². The van der Waals surface area contributed by atoms with Crippen LogP contribution in [0.1, 0.15) is 13.3 Å². The molecule has 1 rings (SSSR count). The van der Waals surface area contributed by atoms with Crippen molar-refractivity contribution in [2.24, 2.45) is 0 Å². The fourth-order valence-corrected chi connectivity index (χ4v) is 1.66. The molecule has 0 aromatic rings. The second kappa shape index (κ2) is 9.52. The lowest BCUT2D eigenvalue weighted by molar-refractivity contribution is -0.140. The molecule has 1 heterocycles. The Balaban J connectivity index is 2.04. The summed E-state index contributed by atoms with van der Waals surface area (Å²) in [5.74, 6) is -1.05. The van der Waals surface area contributed by atoms with Crippen LogP contribution >= 0.6 is 0 Å². The van der Waals surface area contributed by atoms with E-state index in [0.29, 0.717) is 6.61 Å². The van der Waals surface area contributed by atoms with Gasteiger partial charge in [0.2, 0.25) is 0 Å². The Hall–Kier alpha value is -1.40. The van der Waals surface area contributed by atoms with Gasteiger partial charge in [0.05, 0.1) is 26.4 Å². The number of carbonyl (C=O) groups excluding carboxylic acids is 2. The van der Waals surface area contributed by atoms with Crippen molar-refractivity contribution in [3.8, 4) is 0 Å². The summed E-state index contributed by atoms with van der Waals surface area (Å²) in [6, 6.07) is 0. The zero-order chi connectivity index (χ0) is 13.9. The van der Waals surface area contributed by atoms with Crippen molar-refractivity contribution in [2.45, 2.75) is 13.3 Å². The Kier molecular flexibility index (Phi) is 7.84. The first-order valence-electron chi connectivity index (χ1n) is 6.54. The molecule has 1 fully saturated rings. The normalized spacial score (nSPS) is 16.5. The lowest BCUT2D eigenvalue weighted by Crippen LogP contribution is -2.37. The van der Waals surface area contributed by atoms with Gasteiger partial charge in [0.25, 0.3) is 0 Å². The van der Waals surface area contributed by atoms with Crippen LogP contribution < -0.4 is 0 Å². The third kappa shape index (κ3) is 7.58. The number of hydrogen-bond donors (Lipinski definition) is 0. The monoisotopic (exact) mass is 271 g/mol. The van der Waals surface area contributed by atoms with Gasteiger partial charge in [-0.25, -0.2) is 9.59 Å². The van der Waals surface area contributed by atoms with E-state index < -0.39 is 11.9 Å². The van der Waals surface area contributed by atoms with Crippen LogP contribution in [-0.2, 0) is 23.8 Å². The molecular weight excluding hydrogens is 250 g/mol. The molecule has 6 heteroatoms. The van der Waals surface area contributed by atoms with Crippen LogP contribution in [0.3, 0.4) is 0 Å². The summed E-state index contributed by atoms with van der Waals surface area (Å²) < 4.78 is 14.9. The molecule has 108 valence electrons. The molecule has 0 saturated carbocycles. The molecule has 0 aromatic carbocycles. The minimum absolute atomic E-state index is 0.289. The van der Waals surface area contributed by atoms with E-state index in [1.807, 2.05) is 0 Å². The third-order valence-corrected chi connectivity index (χ3v) is 2.61. The predicted octanol–water partition coefficient (Wildman–Crippen LogP) is 0.371. The fourth-order valence-electron chi connectivity index (χ4n) is 1.66. The van der Waals surface area contributed by atoms with Crippen molar-refractivity contribution >= 4 is 11.9 Å². The van der Waals surface area contributed by atoms with Gasteiger partial charge in [-0.05, 0) is 13.3 Å². The summed E-state index contributed by atoms with van der Waals surface area (Å²) in [4.78, 5) is 24.5. The molecule has 0 amide bonds. The number of nitrogens with zero attached hydrogens (tertiary/aromatic N) is 1. The number of esters is 2. The highest BCUT2D eigenvalue weighted by atomic mass is 16.5. The van der Waals surface area contributed by atoms with E-state index in [9.17, 15) is 9.59 Å². The minimum Gasteiger partial charge on any atom is -0.463 e. The summed E-state index contributed by atoms with van der Waals surface area (Å²) in [6.45, 7) is 6.62. The average Bonchev–Trinajstić information content (AvgIpc) is 2.43. The summed E-state index contributed by atoms with van der Waals surface area (Å²) in [5, 5.41) is 0. The smallest absolute Gasteiger partial charge is 0.331 e. The van der Waals surface area contributed by atoms with Crippen molar-refractivity contribution in [1.29, 1.82) is 0 Å². The van der Waals surface area contributed by atoms with Crippen molar-refractivity contribution in [3.63, 3.8) is 0 Å². The molecule has 1 saturated heterocycles. The maximum absolute atomic E-state index is 11.3. The lowest BCUT2D eigenvalue weighted by atomic mass is 10.3. The lowest BCUT2D eigenvalue weighted by Gasteiger charge is -2.26. The Morgan fingerprint density at radius 1 is 1.16 bits per heavy atom. The molecule has 0 atom stereocenters. The van der Waals surface area contributed by atoms with Crippen molar-refractivity contribution in [1.82, 2.24) is 4.90 Å². The second-order valence-electron chi connectivity index (χ2n) is 4.06. The van der Waals surface area contributed by atoms with Gasteiger partial charge in [-0.2, -0.15) is 0 Å². The van der Waals surface area contributed by atoms with Gasteiger partial charge >= 0.3 is 11.9 Å². The Bertz CT molecular complexity index is 310. The van der Waals surface area contributed by atoms with Gasteiger partial charge in [0.1, 0.15) is 0 Å². The molecule has 19 heavy (non-hydrogen) atoms. The Morgan fingerprint density at radius 2 is 1.79 bits per heavy atom. The predicted molar refractivity (Wildman–Crippen MR) is 68.6 cm³/mol. The highest BCUT2D eigenvalue weighted by Gasteiger charge is 2.09. The molecule has 0 unspecified atom stereocenters. The van der Waals surface area contributed by atoms with E-state index in [1.54, 1.807) is 6.92 Å². The highest BCUT2D eigenvalue weighted by molar-refractivity contribution is 5.91. The van der Waals surface area contributed by atoms with Gasteiger partial charge in [-0.3, -0.25) is 4.90 Å². The molecule has 0 radical (unpaired) electrons. The SMILES string of the molecule is CCOC(=O)/C=C/C(=O)OCCCN1CCOCC1. The third-order valence-electron chi connectivity index (χ3n) is 2.61. The van der Waals surface area contributed by atoms with Crippen LogP contribution in [0.25, 0.3) is 0 Å². The number of morpholine rings is 1. The average molecular weight is 271 g/mol. The first kappa shape index (κ1) is 15.7. The summed E-state index contributed by atoms with van der Waals surface area (Å²) in [7, 11) is 0. The summed E-state index contributed by atoms with van der Waals surface area (Å²) in [5.41, 5.74) is 0. The van der Waals surface area contributed by atoms with Gasteiger partial charge < -0.3 is 14.2 Å². The fraction of sp³-hybridized carbons (Fsp3) is 0.692. The molecular formula is C13H21NO5. The van der Waals surface area contributed by atoms with E-state index in [1.165, 1.54) is 0 Å². The molecule has 0 aromatic heterocycles. The van der Waals surface area contributed by atoms with E-state index >= 15 is 0 Å². The standard InChI is InChI=1S/C13H21NO5/c1-2-18-12(15)4-5-13(16)19-9-3-6-14-7-10-17-11-8-14/h4-5H,2-3,6-11H2,1H3/b5-4+. The topological polar surface area (TPSA) is 65.1 Å².